The summed E-state index contributed by atoms with van der Waals surface area (Å²) in [6.45, 7) is 3.50. The van der Waals surface area contributed by atoms with Gasteiger partial charge in [0.1, 0.15) is 0 Å². The van der Waals surface area contributed by atoms with Crippen LogP contribution in [0.1, 0.15) is 29.8 Å². The standard InChI is InChI=1S/C15H19NO5S/c1-4-21-14(18)9-22-8-12-7-11(15(19)20-3)5-6-13(12)16-10(2)17/h5-7H,4,8-9H2,1-3H3,(H,16,17). The van der Waals surface area contributed by atoms with Gasteiger partial charge in [0.15, 0.2) is 0 Å². The fourth-order valence-corrected chi connectivity index (χ4v) is 2.53. The Kier molecular flexibility index (Phi) is 7.45. The predicted molar refractivity (Wildman–Crippen MR) is 84.9 cm³/mol. The lowest BCUT2D eigenvalue weighted by molar-refractivity contribution is -0.139. The molecular weight excluding hydrogens is 306 g/mol. The molecule has 1 N–H and O–H groups in total. The minimum atomic E-state index is -0.453. The van der Waals surface area contributed by atoms with Crippen LogP contribution < -0.4 is 5.32 Å². The van der Waals surface area contributed by atoms with Crippen molar-refractivity contribution < 1.29 is 23.9 Å². The van der Waals surface area contributed by atoms with Crippen LogP contribution in [0.15, 0.2) is 18.2 Å². The van der Waals surface area contributed by atoms with Crippen molar-refractivity contribution in [1.29, 1.82) is 0 Å². The minimum absolute atomic E-state index is 0.204. The molecule has 0 atom stereocenters. The molecule has 0 radical (unpaired) electrons. The van der Waals surface area contributed by atoms with Crippen molar-refractivity contribution in [3.05, 3.63) is 29.3 Å². The van der Waals surface area contributed by atoms with Crippen LogP contribution in [0.2, 0.25) is 0 Å². The molecule has 7 heteroatoms. The first kappa shape index (κ1) is 18.0. The zero-order valence-electron chi connectivity index (χ0n) is 12.8. The van der Waals surface area contributed by atoms with Crippen LogP contribution >= 0.6 is 11.8 Å². The third-order valence-electron chi connectivity index (χ3n) is 2.62. The number of hydrogen-bond acceptors (Lipinski definition) is 6. The van der Waals surface area contributed by atoms with Gasteiger partial charge >= 0.3 is 11.9 Å². The van der Waals surface area contributed by atoms with Gasteiger partial charge in [0.2, 0.25) is 5.91 Å². The van der Waals surface area contributed by atoms with Gasteiger partial charge in [0, 0.05) is 18.4 Å². The average molecular weight is 325 g/mol. The molecule has 0 heterocycles. The number of thioether (sulfide) groups is 1. The Bertz CT molecular complexity index is 559. The highest BCUT2D eigenvalue weighted by molar-refractivity contribution is 7.99. The summed E-state index contributed by atoms with van der Waals surface area (Å²) in [7, 11) is 1.30. The molecule has 0 fully saturated rings. The minimum Gasteiger partial charge on any atom is -0.465 e. The summed E-state index contributed by atoms with van der Waals surface area (Å²) in [5.74, 6) is -0.291. The lowest BCUT2D eigenvalue weighted by atomic mass is 10.1. The van der Waals surface area contributed by atoms with Gasteiger partial charge in [-0.1, -0.05) is 0 Å². The van der Waals surface area contributed by atoms with Crippen LogP contribution in [0.5, 0.6) is 0 Å². The molecule has 1 rings (SSSR count). The van der Waals surface area contributed by atoms with Crippen molar-refractivity contribution in [2.24, 2.45) is 0 Å². The number of anilines is 1. The van der Waals surface area contributed by atoms with Crippen LogP contribution in [-0.4, -0.2) is 37.3 Å². The maximum Gasteiger partial charge on any atom is 0.337 e. The molecule has 0 aliphatic heterocycles. The second kappa shape index (κ2) is 9.09. The fraction of sp³-hybridized carbons (Fsp3) is 0.400. The average Bonchev–Trinajstić information content (AvgIpc) is 2.47. The summed E-state index contributed by atoms with van der Waals surface area (Å²) < 4.78 is 9.53. The second-order valence-corrected chi connectivity index (χ2v) is 5.33. The highest BCUT2D eigenvalue weighted by Gasteiger charge is 2.12. The Morgan fingerprint density at radius 1 is 1.27 bits per heavy atom. The SMILES string of the molecule is CCOC(=O)CSCc1cc(C(=O)OC)ccc1NC(C)=O. The van der Waals surface area contributed by atoms with E-state index in [-0.39, 0.29) is 17.6 Å². The number of esters is 2. The molecule has 0 unspecified atom stereocenters. The number of rotatable bonds is 7. The van der Waals surface area contributed by atoms with Crippen molar-refractivity contribution in [3.8, 4) is 0 Å². The first-order valence-electron chi connectivity index (χ1n) is 6.70. The maximum atomic E-state index is 11.6. The zero-order valence-corrected chi connectivity index (χ0v) is 13.6. The molecule has 0 saturated carbocycles. The summed E-state index contributed by atoms with van der Waals surface area (Å²) in [4.78, 5) is 34.1. The molecule has 22 heavy (non-hydrogen) atoms. The van der Waals surface area contributed by atoms with Gasteiger partial charge < -0.3 is 14.8 Å². The molecule has 1 amide bonds. The van der Waals surface area contributed by atoms with E-state index in [9.17, 15) is 14.4 Å². The molecule has 0 aliphatic carbocycles. The molecule has 120 valence electrons. The largest absolute Gasteiger partial charge is 0.465 e. The molecule has 0 aromatic heterocycles. The highest BCUT2D eigenvalue weighted by atomic mass is 32.2. The van der Waals surface area contributed by atoms with E-state index in [0.717, 1.165) is 5.56 Å². The first-order valence-corrected chi connectivity index (χ1v) is 7.85. The molecule has 0 saturated heterocycles. The molecule has 0 aliphatic rings. The van der Waals surface area contributed by atoms with Gasteiger partial charge in [-0.2, -0.15) is 0 Å². The number of hydrogen-bond donors (Lipinski definition) is 1. The molecule has 0 bridgehead atoms. The van der Waals surface area contributed by atoms with Crippen LogP contribution in [-0.2, 0) is 24.8 Å². The van der Waals surface area contributed by atoms with E-state index >= 15 is 0 Å². The topological polar surface area (TPSA) is 81.7 Å². The Balaban J connectivity index is 2.84. The molecule has 6 nitrogen and oxygen atoms in total. The predicted octanol–water partition coefficient (Wildman–Crippen LogP) is 2.23. The van der Waals surface area contributed by atoms with E-state index in [0.29, 0.717) is 23.6 Å². The number of ether oxygens (including phenoxy) is 2. The van der Waals surface area contributed by atoms with Crippen LogP contribution in [0.4, 0.5) is 5.69 Å². The van der Waals surface area contributed by atoms with Gasteiger partial charge in [-0.25, -0.2) is 4.79 Å². The van der Waals surface area contributed by atoms with Gasteiger partial charge in [-0.05, 0) is 30.7 Å². The summed E-state index contributed by atoms with van der Waals surface area (Å²) in [5.41, 5.74) is 1.74. The Labute approximate surface area is 133 Å². The fourth-order valence-electron chi connectivity index (χ4n) is 1.72. The lowest BCUT2D eigenvalue weighted by Crippen LogP contribution is -2.10. The van der Waals surface area contributed by atoms with Crippen molar-refractivity contribution in [3.63, 3.8) is 0 Å². The number of carbonyl (C=O) groups is 3. The lowest BCUT2D eigenvalue weighted by Gasteiger charge is -2.11. The first-order chi connectivity index (χ1) is 10.5. The van der Waals surface area contributed by atoms with Crippen molar-refractivity contribution in [2.45, 2.75) is 19.6 Å². The molecule has 1 aromatic carbocycles. The van der Waals surface area contributed by atoms with Crippen LogP contribution in [0.25, 0.3) is 0 Å². The molecular formula is C15H19NO5S. The normalized spacial score (nSPS) is 9.95. The van der Waals surface area contributed by atoms with E-state index in [1.165, 1.54) is 25.8 Å². The number of nitrogens with one attached hydrogen (secondary N) is 1. The second-order valence-electron chi connectivity index (χ2n) is 4.34. The van der Waals surface area contributed by atoms with E-state index in [4.69, 9.17) is 4.74 Å². The summed E-state index contributed by atoms with van der Waals surface area (Å²) >= 11 is 1.35. The van der Waals surface area contributed by atoms with Gasteiger partial charge in [-0.3, -0.25) is 9.59 Å². The summed E-state index contributed by atoms with van der Waals surface area (Å²) in [6.07, 6.45) is 0. The van der Waals surface area contributed by atoms with E-state index in [2.05, 4.69) is 10.1 Å². The molecule has 1 aromatic rings. The van der Waals surface area contributed by atoms with Gasteiger partial charge in [0.05, 0.1) is 25.0 Å². The van der Waals surface area contributed by atoms with Gasteiger partial charge in [0.25, 0.3) is 0 Å². The smallest absolute Gasteiger partial charge is 0.337 e. The van der Waals surface area contributed by atoms with Gasteiger partial charge in [-0.15, -0.1) is 11.8 Å². The quantitative estimate of drug-likeness (QED) is 0.774. The van der Waals surface area contributed by atoms with Crippen LogP contribution in [0.3, 0.4) is 0 Å². The Hall–Kier alpha value is -2.02. The van der Waals surface area contributed by atoms with Crippen molar-refractivity contribution in [2.75, 3.05) is 24.8 Å². The monoisotopic (exact) mass is 325 g/mol. The third-order valence-corrected chi connectivity index (χ3v) is 3.57. The van der Waals surface area contributed by atoms with E-state index in [1.807, 2.05) is 0 Å². The third kappa shape index (κ3) is 5.77. The number of benzene rings is 1. The number of methoxy groups -OCH3 is 1. The Morgan fingerprint density at radius 2 is 2.00 bits per heavy atom. The zero-order chi connectivity index (χ0) is 16.5. The maximum absolute atomic E-state index is 11.6. The van der Waals surface area contributed by atoms with E-state index in [1.54, 1.807) is 25.1 Å². The van der Waals surface area contributed by atoms with Crippen LogP contribution in [0, 0.1) is 0 Å². The van der Waals surface area contributed by atoms with Crippen molar-refractivity contribution >= 4 is 35.3 Å². The molecule has 0 spiro atoms. The number of amides is 1. The number of carbonyl (C=O) groups excluding carboxylic acids is 3. The highest BCUT2D eigenvalue weighted by Crippen LogP contribution is 2.23. The summed E-state index contributed by atoms with van der Waals surface area (Å²) in [5, 5.41) is 2.70. The Morgan fingerprint density at radius 3 is 2.59 bits per heavy atom. The van der Waals surface area contributed by atoms with E-state index < -0.39 is 5.97 Å². The summed E-state index contributed by atoms with van der Waals surface area (Å²) in [6, 6.07) is 4.87. The van der Waals surface area contributed by atoms with Crippen molar-refractivity contribution in [1.82, 2.24) is 0 Å².